The first-order chi connectivity index (χ1) is 17.3. The molecule has 198 valence electrons. The second-order valence-corrected chi connectivity index (χ2v) is 11.4. The average Bonchev–Trinajstić information content (AvgIpc) is 2.82. The van der Waals surface area contributed by atoms with Gasteiger partial charge in [-0.25, -0.2) is 0 Å². The smallest absolute Gasteiger partial charge is 0.374 e. The van der Waals surface area contributed by atoms with Gasteiger partial charge in [0.1, 0.15) is 0 Å². The van der Waals surface area contributed by atoms with Crippen LogP contribution in [0, 0.1) is 13.8 Å². The number of hydrogen-bond donors (Lipinski definition) is 2. The normalized spacial score (nSPS) is 11.5. The van der Waals surface area contributed by atoms with Crippen LogP contribution < -0.4 is 10.6 Å². The topological polar surface area (TPSA) is 89.1 Å². The summed E-state index contributed by atoms with van der Waals surface area (Å²) in [4.78, 5) is 27.4. The van der Waals surface area contributed by atoms with E-state index in [1.54, 1.807) is 0 Å². The van der Waals surface area contributed by atoms with E-state index >= 15 is 0 Å². The van der Waals surface area contributed by atoms with Crippen LogP contribution in [0.2, 0.25) is 6.04 Å². The molecule has 0 fully saturated rings. The number of rotatable bonds is 16. The summed E-state index contributed by atoms with van der Waals surface area (Å²) in [6, 6.07) is 15.9. The van der Waals surface area contributed by atoms with Gasteiger partial charge in [0.05, 0.1) is 13.1 Å². The van der Waals surface area contributed by atoms with Gasteiger partial charge < -0.3 is 23.9 Å². The third-order valence-corrected chi connectivity index (χ3v) is 8.61. The minimum atomic E-state index is -2.80. The van der Waals surface area contributed by atoms with E-state index in [-0.39, 0.29) is 24.9 Å². The Bertz CT molecular complexity index is 859. The van der Waals surface area contributed by atoms with Gasteiger partial charge in [0.25, 0.3) is 0 Å². The lowest BCUT2D eigenvalue weighted by molar-refractivity contribution is -0.120. The van der Waals surface area contributed by atoms with E-state index in [2.05, 4.69) is 10.6 Å². The van der Waals surface area contributed by atoms with E-state index in [0.29, 0.717) is 38.8 Å². The lowest BCUT2D eigenvalue weighted by Gasteiger charge is -2.29. The molecule has 2 aromatic carbocycles. The second-order valence-electron chi connectivity index (χ2n) is 8.62. The highest BCUT2D eigenvalue weighted by Gasteiger charge is 2.39. The zero-order valence-electron chi connectivity index (χ0n) is 22.3. The van der Waals surface area contributed by atoms with E-state index in [4.69, 9.17) is 13.3 Å². The van der Waals surface area contributed by atoms with Crippen LogP contribution in [0.3, 0.4) is 0 Å². The number of benzene rings is 2. The number of carbonyl (C=O) groups is 2. The minimum Gasteiger partial charge on any atom is -0.374 e. The number of amides is 2. The average molecular weight is 516 g/mol. The molecule has 0 aliphatic heterocycles. The molecule has 2 aromatic rings. The third-order valence-electron chi connectivity index (χ3n) is 5.46. The standard InChI is InChI=1S/C27H41N3O5Si/c1-6-33-36(34-7-2,35-8-3)19-9-18-30(20-26(31)28-24-14-10-22(4)11-15-24)21-27(32)29-25-16-12-23(5)13-17-25/h10-17H,6-9,18-21H2,1-5H3,(H,28,31)(H,29,32). The molecule has 0 atom stereocenters. The monoisotopic (exact) mass is 515 g/mol. The quantitative estimate of drug-likeness (QED) is 0.317. The van der Waals surface area contributed by atoms with E-state index in [9.17, 15) is 9.59 Å². The Kier molecular flexibility index (Phi) is 12.8. The summed E-state index contributed by atoms with van der Waals surface area (Å²) in [5.41, 5.74) is 3.69. The molecule has 9 heteroatoms. The van der Waals surface area contributed by atoms with Gasteiger partial charge in [-0.1, -0.05) is 35.4 Å². The summed E-state index contributed by atoms with van der Waals surface area (Å²) < 4.78 is 17.8. The maximum absolute atomic E-state index is 12.8. The minimum absolute atomic E-state index is 0.0850. The van der Waals surface area contributed by atoms with Crippen molar-refractivity contribution < 1.29 is 22.9 Å². The van der Waals surface area contributed by atoms with Crippen LogP contribution in [0.5, 0.6) is 0 Å². The van der Waals surface area contributed by atoms with Crippen LogP contribution in [0.25, 0.3) is 0 Å². The Morgan fingerprint density at radius 2 is 1.11 bits per heavy atom. The summed E-state index contributed by atoms with van der Waals surface area (Å²) in [6.45, 7) is 12.0. The first-order valence-corrected chi connectivity index (χ1v) is 14.6. The van der Waals surface area contributed by atoms with Gasteiger partial charge in [0.2, 0.25) is 11.8 Å². The van der Waals surface area contributed by atoms with Gasteiger partial charge in [0, 0.05) is 37.2 Å². The molecular weight excluding hydrogens is 474 g/mol. The van der Waals surface area contributed by atoms with Crippen LogP contribution in [0.4, 0.5) is 11.4 Å². The Hall–Kier alpha value is -2.56. The fraction of sp³-hybridized carbons (Fsp3) is 0.481. The van der Waals surface area contributed by atoms with Crippen LogP contribution >= 0.6 is 0 Å². The maximum Gasteiger partial charge on any atom is 0.500 e. The molecule has 0 aliphatic carbocycles. The van der Waals surface area contributed by atoms with E-state index in [1.807, 2.05) is 88.0 Å². The number of carbonyl (C=O) groups excluding carboxylic acids is 2. The predicted octanol–water partition coefficient (Wildman–Crippen LogP) is 4.62. The van der Waals surface area contributed by atoms with Crippen molar-refractivity contribution in [2.24, 2.45) is 0 Å². The van der Waals surface area contributed by atoms with Gasteiger partial charge in [-0.15, -0.1) is 0 Å². The lowest BCUT2D eigenvalue weighted by atomic mass is 10.2. The van der Waals surface area contributed by atoms with Crippen molar-refractivity contribution >= 4 is 32.0 Å². The van der Waals surface area contributed by atoms with Crippen LogP contribution in [0.1, 0.15) is 38.3 Å². The molecule has 0 aliphatic rings. The molecule has 0 heterocycles. The zero-order chi connectivity index (χ0) is 26.4. The van der Waals surface area contributed by atoms with E-state index < -0.39 is 8.80 Å². The molecular formula is C27H41N3O5Si. The number of anilines is 2. The Labute approximate surface area is 216 Å². The molecule has 0 spiro atoms. The van der Waals surface area contributed by atoms with Crippen molar-refractivity contribution in [1.82, 2.24) is 4.90 Å². The van der Waals surface area contributed by atoms with Gasteiger partial charge in [-0.3, -0.25) is 14.5 Å². The molecule has 0 saturated heterocycles. The van der Waals surface area contributed by atoms with Crippen molar-refractivity contribution in [3.63, 3.8) is 0 Å². The molecule has 0 bridgehead atoms. The van der Waals surface area contributed by atoms with Crippen molar-refractivity contribution in [2.75, 3.05) is 50.1 Å². The summed E-state index contributed by atoms with van der Waals surface area (Å²) in [5, 5.41) is 5.84. The zero-order valence-corrected chi connectivity index (χ0v) is 23.3. The van der Waals surface area contributed by atoms with Crippen LogP contribution in [-0.2, 0) is 22.9 Å². The molecule has 2 N–H and O–H groups in total. The van der Waals surface area contributed by atoms with Crippen molar-refractivity contribution in [3.05, 3.63) is 59.7 Å². The Morgan fingerprint density at radius 3 is 1.47 bits per heavy atom. The van der Waals surface area contributed by atoms with Crippen LogP contribution in [-0.4, -0.2) is 65.0 Å². The van der Waals surface area contributed by atoms with Gasteiger partial charge in [0.15, 0.2) is 0 Å². The Morgan fingerprint density at radius 1 is 0.722 bits per heavy atom. The van der Waals surface area contributed by atoms with Crippen molar-refractivity contribution in [1.29, 1.82) is 0 Å². The highest BCUT2D eigenvalue weighted by atomic mass is 28.4. The first-order valence-electron chi connectivity index (χ1n) is 12.7. The van der Waals surface area contributed by atoms with E-state index in [0.717, 1.165) is 22.5 Å². The highest BCUT2D eigenvalue weighted by molar-refractivity contribution is 6.60. The second kappa shape index (κ2) is 15.5. The highest BCUT2D eigenvalue weighted by Crippen LogP contribution is 2.19. The van der Waals surface area contributed by atoms with Gasteiger partial charge in [-0.2, -0.15) is 0 Å². The first kappa shape index (κ1) is 29.7. The fourth-order valence-corrected chi connectivity index (χ4v) is 6.41. The summed E-state index contributed by atoms with van der Waals surface area (Å²) in [7, 11) is -2.80. The lowest BCUT2D eigenvalue weighted by Crippen LogP contribution is -2.47. The molecule has 0 saturated carbocycles. The molecule has 0 unspecified atom stereocenters. The number of nitrogens with one attached hydrogen (secondary N) is 2. The summed E-state index contributed by atoms with van der Waals surface area (Å²) in [5.74, 6) is -0.352. The van der Waals surface area contributed by atoms with E-state index in [1.165, 1.54) is 0 Å². The predicted molar refractivity (Wildman–Crippen MR) is 146 cm³/mol. The molecule has 8 nitrogen and oxygen atoms in total. The number of aryl methyl sites for hydroxylation is 2. The maximum atomic E-state index is 12.8. The molecule has 2 amide bonds. The molecule has 36 heavy (non-hydrogen) atoms. The molecule has 0 radical (unpaired) electrons. The summed E-state index contributed by atoms with van der Waals surface area (Å²) >= 11 is 0. The number of nitrogens with zero attached hydrogens (tertiary/aromatic N) is 1. The van der Waals surface area contributed by atoms with Crippen molar-refractivity contribution in [2.45, 2.75) is 47.1 Å². The van der Waals surface area contributed by atoms with Gasteiger partial charge >= 0.3 is 8.80 Å². The SMILES string of the molecule is CCO[Si](CCCN(CC(=O)Nc1ccc(C)cc1)CC(=O)Nc1ccc(C)cc1)(OCC)OCC. The molecule has 0 aromatic heterocycles. The third kappa shape index (κ3) is 10.6. The fourth-order valence-electron chi connectivity index (χ4n) is 3.82. The number of hydrogen-bond acceptors (Lipinski definition) is 6. The largest absolute Gasteiger partial charge is 0.500 e. The summed E-state index contributed by atoms with van der Waals surface area (Å²) in [6.07, 6.45) is 0.668. The van der Waals surface area contributed by atoms with Crippen LogP contribution in [0.15, 0.2) is 48.5 Å². The molecule has 2 rings (SSSR count). The Balaban J connectivity index is 2.05. The van der Waals surface area contributed by atoms with Crippen molar-refractivity contribution in [3.8, 4) is 0 Å². The van der Waals surface area contributed by atoms with Gasteiger partial charge in [-0.05, 0) is 71.8 Å².